The molecule has 94 valence electrons. The number of amides is 1. The Labute approximate surface area is 108 Å². The van der Waals surface area contributed by atoms with E-state index in [9.17, 15) is 9.18 Å². The quantitative estimate of drug-likeness (QED) is 0.868. The van der Waals surface area contributed by atoms with Gasteiger partial charge in [-0.3, -0.25) is 4.79 Å². The van der Waals surface area contributed by atoms with E-state index in [1.54, 1.807) is 0 Å². The van der Waals surface area contributed by atoms with Crippen molar-refractivity contribution in [1.29, 1.82) is 0 Å². The number of ether oxygens (including phenoxy) is 1. The third-order valence-electron chi connectivity index (χ3n) is 2.26. The lowest BCUT2D eigenvalue weighted by atomic mass is 10.1. The van der Waals surface area contributed by atoms with Gasteiger partial charge in [0.15, 0.2) is 0 Å². The summed E-state index contributed by atoms with van der Waals surface area (Å²) in [5, 5.41) is 2.69. The van der Waals surface area contributed by atoms with Crippen LogP contribution in [0.1, 0.15) is 13.8 Å². The van der Waals surface area contributed by atoms with Gasteiger partial charge in [-0.15, -0.1) is 0 Å². The number of hydrogen-bond acceptors (Lipinski definition) is 2. The largest absolute Gasteiger partial charge is 0.494 e. The molecule has 0 aliphatic heterocycles. The molecule has 0 saturated carbocycles. The molecule has 1 atom stereocenters. The molecule has 1 amide bonds. The summed E-state index contributed by atoms with van der Waals surface area (Å²) in [6, 6.07) is 3.98. The maximum atomic E-state index is 13.0. The van der Waals surface area contributed by atoms with E-state index in [1.807, 2.05) is 13.8 Å². The van der Waals surface area contributed by atoms with Crippen LogP contribution in [0.3, 0.4) is 0 Å². The van der Waals surface area contributed by atoms with Crippen molar-refractivity contribution < 1.29 is 13.9 Å². The number of rotatable bonds is 4. The van der Waals surface area contributed by atoms with Crippen molar-refractivity contribution in [1.82, 2.24) is 0 Å². The summed E-state index contributed by atoms with van der Waals surface area (Å²) < 4.78 is 18.0. The van der Waals surface area contributed by atoms with Crippen LogP contribution in [0.25, 0.3) is 0 Å². The van der Waals surface area contributed by atoms with Crippen molar-refractivity contribution in [3.8, 4) is 5.75 Å². The summed E-state index contributed by atoms with van der Waals surface area (Å²) in [7, 11) is 1.43. The molecule has 1 N–H and O–H groups in total. The average Bonchev–Trinajstić information content (AvgIpc) is 2.30. The normalized spacial score (nSPS) is 12.4. The highest BCUT2D eigenvalue weighted by Gasteiger charge is 2.19. The van der Waals surface area contributed by atoms with Crippen LogP contribution < -0.4 is 10.1 Å². The van der Waals surface area contributed by atoms with Gasteiger partial charge in [-0.05, 0) is 18.1 Å². The van der Waals surface area contributed by atoms with Crippen molar-refractivity contribution in [3.63, 3.8) is 0 Å². The molecule has 0 aliphatic carbocycles. The number of anilines is 1. The Morgan fingerprint density at radius 1 is 1.47 bits per heavy atom. The average molecular weight is 304 g/mol. The fraction of sp³-hybridized carbons (Fsp3) is 0.417. The number of nitrogens with one attached hydrogen (secondary N) is 1. The molecule has 1 rings (SSSR count). The van der Waals surface area contributed by atoms with Crippen LogP contribution in [-0.4, -0.2) is 17.8 Å². The van der Waals surface area contributed by atoms with Crippen LogP contribution in [0.5, 0.6) is 5.75 Å². The lowest BCUT2D eigenvalue weighted by Gasteiger charge is -2.15. The highest BCUT2D eigenvalue weighted by Crippen LogP contribution is 2.26. The lowest BCUT2D eigenvalue weighted by Crippen LogP contribution is -2.27. The second kappa shape index (κ2) is 6.00. The molecule has 0 radical (unpaired) electrons. The molecule has 0 bridgehead atoms. The molecule has 0 aromatic heterocycles. The first-order valence-electron chi connectivity index (χ1n) is 5.24. The molecule has 0 spiro atoms. The first kappa shape index (κ1) is 14.0. The number of alkyl halides is 1. The second-order valence-electron chi connectivity index (χ2n) is 3.98. The molecule has 0 heterocycles. The first-order chi connectivity index (χ1) is 7.95. The number of halogens is 2. The minimum Gasteiger partial charge on any atom is -0.494 e. The third-order valence-corrected chi connectivity index (χ3v) is 3.73. The van der Waals surface area contributed by atoms with Gasteiger partial charge < -0.3 is 10.1 Å². The van der Waals surface area contributed by atoms with Crippen LogP contribution in [0.4, 0.5) is 10.1 Å². The van der Waals surface area contributed by atoms with E-state index in [2.05, 4.69) is 21.2 Å². The van der Waals surface area contributed by atoms with Gasteiger partial charge in [-0.2, -0.15) is 0 Å². The summed E-state index contributed by atoms with van der Waals surface area (Å²) in [5.41, 5.74) is 0.462. The van der Waals surface area contributed by atoms with E-state index in [4.69, 9.17) is 4.74 Å². The number of methoxy groups -OCH3 is 1. The fourth-order valence-electron chi connectivity index (χ4n) is 1.27. The van der Waals surface area contributed by atoms with Gasteiger partial charge in [0.25, 0.3) is 0 Å². The molecule has 1 aromatic rings. The van der Waals surface area contributed by atoms with Crippen LogP contribution in [0.15, 0.2) is 18.2 Å². The summed E-state index contributed by atoms with van der Waals surface area (Å²) >= 11 is 3.30. The summed E-state index contributed by atoms with van der Waals surface area (Å²) in [6.07, 6.45) is 0. The molecule has 0 aliphatic rings. The van der Waals surface area contributed by atoms with E-state index in [-0.39, 0.29) is 16.7 Å². The molecule has 0 fully saturated rings. The molecule has 3 nitrogen and oxygen atoms in total. The second-order valence-corrected chi connectivity index (χ2v) is 4.97. The molecule has 1 aromatic carbocycles. The van der Waals surface area contributed by atoms with Gasteiger partial charge in [0, 0.05) is 6.07 Å². The molecule has 1 unspecified atom stereocenters. The summed E-state index contributed by atoms with van der Waals surface area (Å²) in [5.74, 6) is -0.104. The third kappa shape index (κ3) is 3.70. The van der Waals surface area contributed by atoms with Gasteiger partial charge in [0.05, 0.1) is 17.6 Å². The molecule has 0 saturated heterocycles. The first-order valence-corrected chi connectivity index (χ1v) is 6.15. The molecular weight excluding hydrogens is 289 g/mol. The SMILES string of the molecule is COc1cc(F)ccc1NC(=O)C(Br)C(C)C. The van der Waals surface area contributed by atoms with Crippen molar-refractivity contribution in [2.45, 2.75) is 18.7 Å². The van der Waals surface area contributed by atoms with E-state index >= 15 is 0 Å². The lowest BCUT2D eigenvalue weighted by molar-refractivity contribution is -0.116. The predicted molar refractivity (Wildman–Crippen MR) is 69.1 cm³/mol. The van der Waals surface area contributed by atoms with Gasteiger partial charge in [-0.1, -0.05) is 29.8 Å². The molecular formula is C12H15BrFNO2. The Balaban J connectivity index is 2.84. The van der Waals surface area contributed by atoms with Crippen molar-refractivity contribution in [3.05, 3.63) is 24.0 Å². The zero-order valence-electron chi connectivity index (χ0n) is 9.96. The topological polar surface area (TPSA) is 38.3 Å². The van der Waals surface area contributed by atoms with Gasteiger partial charge in [-0.25, -0.2) is 4.39 Å². The van der Waals surface area contributed by atoms with Gasteiger partial charge in [0.2, 0.25) is 5.91 Å². The zero-order chi connectivity index (χ0) is 13.0. The van der Waals surface area contributed by atoms with Crippen molar-refractivity contribution >= 4 is 27.5 Å². The van der Waals surface area contributed by atoms with E-state index in [0.717, 1.165) is 0 Å². The number of hydrogen-bond donors (Lipinski definition) is 1. The highest BCUT2D eigenvalue weighted by atomic mass is 79.9. The number of carbonyl (C=O) groups is 1. The van der Waals surface area contributed by atoms with Crippen LogP contribution >= 0.6 is 15.9 Å². The standard InChI is InChI=1S/C12H15BrFNO2/c1-7(2)11(13)12(16)15-9-5-4-8(14)6-10(9)17-3/h4-7,11H,1-3H3,(H,15,16). The minimum absolute atomic E-state index is 0.168. The molecule has 5 heteroatoms. The molecule has 17 heavy (non-hydrogen) atoms. The van der Waals surface area contributed by atoms with Gasteiger partial charge >= 0.3 is 0 Å². The summed E-state index contributed by atoms with van der Waals surface area (Å²) in [6.45, 7) is 3.86. The van der Waals surface area contributed by atoms with Crippen LogP contribution in [-0.2, 0) is 4.79 Å². The van der Waals surface area contributed by atoms with Crippen LogP contribution in [0.2, 0.25) is 0 Å². The fourth-order valence-corrected chi connectivity index (χ4v) is 1.39. The number of benzene rings is 1. The summed E-state index contributed by atoms with van der Waals surface area (Å²) in [4.78, 5) is 11.5. The monoisotopic (exact) mass is 303 g/mol. The van der Waals surface area contributed by atoms with E-state index < -0.39 is 5.82 Å². The predicted octanol–water partition coefficient (Wildman–Crippen LogP) is 3.19. The Hall–Kier alpha value is -1.10. The van der Waals surface area contributed by atoms with E-state index in [0.29, 0.717) is 11.4 Å². The Kier molecular flexibility index (Phi) is 4.93. The zero-order valence-corrected chi connectivity index (χ0v) is 11.5. The van der Waals surface area contributed by atoms with Crippen molar-refractivity contribution in [2.75, 3.05) is 12.4 Å². The van der Waals surface area contributed by atoms with Crippen molar-refractivity contribution in [2.24, 2.45) is 5.92 Å². The Bertz CT molecular complexity index is 409. The maximum absolute atomic E-state index is 13.0. The Morgan fingerprint density at radius 2 is 2.12 bits per heavy atom. The number of carbonyl (C=O) groups excluding carboxylic acids is 1. The van der Waals surface area contributed by atoms with E-state index in [1.165, 1.54) is 25.3 Å². The minimum atomic E-state index is -0.404. The maximum Gasteiger partial charge on any atom is 0.238 e. The smallest absolute Gasteiger partial charge is 0.238 e. The highest BCUT2D eigenvalue weighted by molar-refractivity contribution is 9.10. The van der Waals surface area contributed by atoms with Crippen LogP contribution in [0, 0.1) is 11.7 Å². The van der Waals surface area contributed by atoms with Gasteiger partial charge in [0.1, 0.15) is 11.6 Å². The Morgan fingerprint density at radius 3 is 2.65 bits per heavy atom.